The van der Waals surface area contributed by atoms with Gasteiger partial charge in [0, 0.05) is 5.02 Å². The van der Waals surface area contributed by atoms with Crippen molar-refractivity contribution in [2.45, 2.75) is 20.8 Å². The Bertz CT molecular complexity index is 746. The molecule has 0 aromatic heterocycles. The zero-order valence-corrected chi connectivity index (χ0v) is 14.8. The minimum Gasteiger partial charge on any atom is -0.493 e. The smallest absolute Gasteiger partial charge is 0.336 e. The third-order valence-corrected chi connectivity index (χ3v) is 3.89. The van der Waals surface area contributed by atoms with Gasteiger partial charge < -0.3 is 9.84 Å². The molecule has 1 N–H and O–H groups in total. The molecule has 0 aliphatic rings. The van der Waals surface area contributed by atoms with E-state index in [1.54, 1.807) is 18.2 Å². The summed E-state index contributed by atoms with van der Waals surface area (Å²) in [6.45, 7) is 6.70. The number of benzene rings is 2. The monoisotopic (exact) mass is 344 g/mol. The number of carboxylic acids is 1. The van der Waals surface area contributed by atoms with Crippen molar-refractivity contribution < 1.29 is 14.6 Å². The molecule has 126 valence electrons. The van der Waals surface area contributed by atoms with Gasteiger partial charge in [-0.25, -0.2) is 4.79 Å². The van der Waals surface area contributed by atoms with Crippen molar-refractivity contribution in [3.05, 3.63) is 64.2 Å². The van der Waals surface area contributed by atoms with Crippen molar-refractivity contribution >= 4 is 29.2 Å². The first kappa shape index (κ1) is 18.1. The van der Waals surface area contributed by atoms with Gasteiger partial charge in [-0.15, -0.1) is 0 Å². The molecule has 0 aliphatic carbocycles. The lowest BCUT2D eigenvalue weighted by atomic mass is 10.0. The molecule has 2 aromatic carbocycles. The number of hydrogen-bond acceptors (Lipinski definition) is 2. The van der Waals surface area contributed by atoms with Gasteiger partial charge in [0.25, 0.3) is 0 Å². The van der Waals surface area contributed by atoms with Crippen LogP contribution in [0, 0.1) is 12.8 Å². The molecule has 0 atom stereocenters. The van der Waals surface area contributed by atoms with Gasteiger partial charge in [0.1, 0.15) is 5.75 Å². The first-order valence-corrected chi connectivity index (χ1v) is 8.19. The van der Waals surface area contributed by atoms with Crippen molar-refractivity contribution in [2.75, 3.05) is 6.61 Å². The second-order valence-corrected chi connectivity index (χ2v) is 6.51. The van der Waals surface area contributed by atoms with Crippen molar-refractivity contribution in [2.24, 2.45) is 5.92 Å². The number of aryl methyl sites for hydroxylation is 1. The summed E-state index contributed by atoms with van der Waals surface area (Å²) in [7, 11) is 0. The largest absolute Gasteiger partial charge is 0.493 e. The maximum absolute atomic E-state index is 11.6. The fourth-order valence-corrected chi connectivity index (χ4v) is 2.30. The average Bonchev–Trinajstić information content (AvgIpc) is 2.54. The number of carboxylic acid groups (broad SMARTS) is 1. The van der Waals surface area contributed by atoms with Gasteiger partial charge >= 0.3 is 5.97 Å². The van der Waals surface area contributed by atoms with Gasteiger partial charge in [-0.3, -0.25) is 0 Å². The minimum atomic E-state index is -0.991. The summed E-state index contributed by atoms with van der Waals surface area (Å²) >= 11 is 6.11. The van der Waals surface area contributed by atoms with E-state index in [-0.39, 0.29) is 5.57 Å². The molecule has 0 amide bonds. The summed E-state index contributed by atoms with van der Waals surface area (Å²) in [5.74, 6) is 0.237. The first-order chi connectivity index (χ1) is 11.4. The summed E-state index contributed by atoms with van der Waals surface area (Å²) in [4.78, 5) is 11.6. The molecule has 2 rings (SSSR count). The minimum absolute atomic E-state index is 0.202. The lowest BCUT2D eigenvalue weighted by Gasteiger charge is -2.09. The van der Waals surface area contributed by atoms with Crippen LogP contribution in [0.5, 0.6) is 5.75 Å². The number of halogens is 1. The zero-order chi connectivity index (χ0) is 17.7. The molecule has 0 saturated carbocycles. The van der Waals surface area contributed by atoms with E-state index in [4.69, 9.17) is 16.3 Å². The molecule has 2 aromatic rings. The Kier molecular flexibility index (Phi) is 6.04. The highest BCUT2D eigenvalue weighted by Crippen LogP contribution is 2.25. The molecule has 4 heteroatoms. The van der Waals surface area contributed by atoms with E-state index in [1.807, 2.05) is 37.3 Å². The second-order valence-electron chi connectivity index (χ2n) is 6.10. The molecule has 0 spiro atoms. The van der Waals surface area contributed by atoms with Crippen LogP contribution in [-0.4, -0.2) is 17.7 Å². The van der Waals surface area contributed by atoms with Crippen LogP contribution in [0.2, 0.25) is 5.02 Å². The topological polar surface area (TPSA) is 46.5 Å². The number of aliphatic carboxylic acids is 1. The SMILES string of the molecule is Cc1ccc(/C(=C/c2ccc(OCC(C)C)cc2)C(=O)O)cc1Cl. The molecule has 0 bridgehead atoms. The third-order valence-electron chi connectivity index (χ3n) is 3.49. The van der Waals surface area contributed by atoms with Gasteiger partial charge in [-0.2, -0.15) is 0 Å². The Morgan fingerprint density at radius 1 is 1.21 bits per heavy atom. The molecule has 0 fully saturated rings. The standard InChI is InChI=1S/C20H21ClO3/c1-13(2)12-24-17-8-5-15(6-9-17)10-18(20(22)23)16-7-4-14(3)19(21)11-16/h4-11,13H,12H2,1-3H3,(H,22,23)/b18-10-. The van der Waals surface area contributed by atoms with E-state index in [9.17, 15) is 9.90 Å². The molecule has 0 unspecified atom stereocenters. The summed E-state index contributed by atoms with van der Waals surface area (Å²) in [6.07, 6.45) is 1.63. The van der Waals surface area contributed by atoms with Gasteiger partial charge in [-0.05, 0) is 53.8 Å². The van der Waals surface area contributed by atoms with Crippen molar-refractivity contribution in [1.82, 2.24) is 0 Å². The molecular weight excluding hydrogens is 324 g/mol. The van der Waals surface area contributed by atoms with E-state index < -0.39 is 5.97 Å². The molecule has 0 heterocycles. The highest BCUT2D eigenvalue weighted by Gasteiger charge is 2.12. The van der Waals surface area contributed by atoms with E-state index in [1.165, 1.54) is 0 Å². The Morgan fingerprint density at radius 3 is 2.42 bits per heavy atom. The van der Waals surface area contributed by atoms with E-state index >= 15 is 0 Å². The van der Waals surface area contributed by atoms with Gasteiger partial charge in [0.2, 0.25) is 0 Å². The normalized spacial score (nSPS) is 11.6. The summed E-state index contributed by atoms with van der Waals surface area (Å²) < 4.78 is 5.63. The van der Waals surface area contributed by atoms with Gasteiger partial charge in [0.15, 0.2) is 0 Å². The van der Waals surface area contributed by atoms with Crippen LogP contribution in [-0.2, 0) is 4.79 Å². The van der Waals surface area contributed by atoms with Gasteiger partial charge in [-0.1, -0.05) is 49.7 Å². The van der Waals surface area contributed by atoms with Crippen LogP contribution in [0.15, 0.2) is 42.5 Å². The Balaban J connectivity index is 2.27. The van der Waals surface area contributed by atoms with E-state index in [2.05, 4.69) is 13.8 Å². The molecule has 24 heavy (non-hydrogen) atoms. The van der Waals surface area contributed by atoms with Crippen molar-refractivity contribution in [1.29, 1.82) is 0 Å². The predicted octanol–water partition coefficient (Wildman–Crippen LogP) is 5.31. The molecular formula is C20H21ClO3. The lowest BCUT2D eigenvalue weighted by Crippen LogP contribution is -2.04. The highest BCUT2D eigenvalue weighted by atomic mass is 35.5. The molecule has 0 radical (unpaired) electrons. The summed E-state index contributed by atoms with van der Waals surface area (Å²) in [5, 5.41) is 10.1. The Labute approximate surface area is 147 Å². The third kappa shape index (κ3) is 4.87. The highest BCUT2D eigenvalue weighted by molar-refractivity contribution is 6.32. The summed E-state index contributed by atoms with van der Waals surface area (Å²) in [6, 6.07) is 12.6. The molecule has 3 nitrogen and oxygen atoms in total. The van der Waals surface area contributed by atoms with Gasteiger partial charge in [0.05, 0.1) is 12.2 Å². The second kappa shape index (κ2) is 8.02. The number of hydrogen-bond donors (Lipinski definition) is 1. The average molecular weight is 345 g/mol. The number of carbonyl (C=O) groups is 1. The quantitative estimate of drug-likeness (QED) is 0.570. The zero-order valence-electron chi connectivity index (χ0n) is 14.0. The maximum atomic E-state index is 11.6. The van der Waals surface area contributed by atoms with Crippen molar-refractivity contribution in [3.63, 3.8) is 0 Å². The number of rotatable bonds is 6. The van der Waals surface area contributed by atoms with E-state index in [0.29, 0.717) is 23.1 Å². The fraction of sp³-hybridized carbons (Fsp3) is 0.250. The van der Waals surface area contributed by atoms with Crippen LogP contribution in [0.1, 0.15) is 30.5 Å². The summed E-state index contributed by atoms with van der Waals surface area (Å²) in [5.41, 5.74) is 2.49. The Morgan fingerprint density at radius 2 is 1.88 bits per heavy atom. The maximum Gasteiger partial charge on any atom is 0.336 e. The Hall–Kier alpha value is -2.26. The number of ether oxygens (including phenoxy) is 1. The molecule has 0 saturated heterocycles. The van der Waals surface area contributed by atoms with Crippen LogP contribution in [0.25, 0.3) is 11.6 Å². The van der Waals surface area contributed by atoms with Crippen LogP contribution in [0.4, 0.5) is 0 Å². The van der Waals surface area contributed by atoms with Crippen LogP contribution < -0.4 is 4.74 Å². The lowest BCUT2D eigenvalue weighted by molar-refractivity contribution is -0.130. The fourth-order valence-electron chi connectivity index (χ4n) is 2.12. The molecule has 0 aliphatic heterocycles. The van der Waals surface area contributed by atoms with Crippen LogP contribution >= 0.6 is 11.6 Å². The first-order valence-electron chi connectivity index (χ1n) is 7.81. The van der Waals surface area contributed by atoms with Crippen LogP contribution in [0.3, 0.4) is 0 Å². The van der Waals surface area contributed by atoms with Crippen molar-refractivity contribution in [3.8, 4) is 5.75 Å². The van der Waals surface area contributed by atoms with E-state index in [0.717, 1.165) is 16.9 Å². The predicted molar refractivity (Wildman–Crippen MR) is 98.5 cm³/mol.